The molecule has 0 saturated heterocycles. The molecule has 2 aliphatic heterocycles. The molecule has 0 saturated carbocycles. The molecule has 0 aromatic heterocycles. The fourth-order valence-corrected chi connectivity index (χ4v) is 6.68. The zero-order valence-corrected chi connectivity index (χ0v) is 22.3. The van der Waals surface area contributed by atoms with Crippen LogP contribution in [0.25, 0.3) is 11.1 Å². The zero-order chi connectivity index (χ0) is 26.6. The summed E-state index contributed by atoms with van der Waals surface area (Å²) in [5.74, 6) is 0. The summed E-state index contributed by atoms with van der Waals surface area (Å²) in [5.41, 5.74) is 15.1. The lowest BCUT2D eigenvalue weighted by atomic mass is 9.33. The van der Waals surface area contributed by atoms with Crippen LogP contribution in [0.2, 0.25) is 0 Å². The maximum absolute atomic E-state index is 2.50. The third kappa shape index (κ3) is 3.38. The lowest BCUT2D eigenvalue weighted by Gasteiger charge is -2.44. The average molecular weight is 510 g/mol. The number of fused-ring (bicyclic) bond motifs is 4. The molecule has 2 nitrogen and oxygen atoms in total. The van der Waals surface area contributed by atoms with E-state index >= 15 is 0 Å². The van der Waals surface area contributed by atoms with Crippen molar-refractivity contribution in [1.82, 2.24) is 0 Å². The molecule has 0 amide bonds. The van der Waals surface area contributed by atoms with Crippen molar-refractivity contribution in [2.45, 2.75) is 6.92 Å². The second-order valence-electron chi connectivity index (χ2n) is 10.7. The van der Waals surface area contributed by atoms with Gasteiger partial charge >= 0.3 is 0 Å². The Morgan fingerprint density at radius 1 is 0.450 bits per heavy atom. The molecule has 0 atom stereocenters. The molecular formula is C37H27BN2. The minimum atomic E-state index is 0.151. The first kappa shape index (κ1) is 22.9. The highest BCUT2D eigenvalue weighted by atomic mass is 15.2. The summed E-state index contributed by atoms with van der Waals surface area (Å²) in [4.78, 5) is 4.95. The number of aryl methyl sites for hydroxylation is 1. The monoisotopic (exact) mass is 510 g/mol. The number of benzene rings is 6. The second-order valence-corrected chi connectivity index (χ2v) is 10.7. The molecule has 6 aromatic carbocycles. The third-order valence-corrected chi connectivity index (χ3v) is 8.27. The van der Waals surface area contributed by atoms with E-state index in [1.807, 2.05) is 0 Å². The van der Waals surface area contributed by atoms with E-state index in [1.54, 1.807) is 0 Å². The van der Waals surface area contributed by atoms with E-state index in [0.29, 0.717) is 0 Å². The van der Waals surface area contributed by atoms with Crippen molar-refractivity contribution in [3.8, 4) is 11.1 Å². The van der Waals surface area contributed by atoms with E-state index in [-0.39, 0.29) is 6.71 Å². The highest BCUT2D eigenvalue weighted by Gasteiger charge is 2.43. The van der Waals surface area contributed by atoms with Crippen molar-refractivity contribution in [1.29, 1.82) is 0 Å². The molecule has 2 aliphatic rings. The predicted octanol–water partition coefficient (Wildman–Crippen LogP) is 7.74. The quantitative estimate of drug-likeness (QED) is 0.224. The van der Waals surface area contributed by atoms with Gasteiger partial charge in [0.05, 0.1) is 5.69 Å². The van der Waals surface area contributed by atoms with Crippen LogP contribution in [0.3, 0.4) is 0 Å². The van der Waals surface area contributed by atoms with Crippen LogP contribution in [-0.4, -0.2) is 6.71 Å². The molecule has 0 radical (unpaired) electrons. The maximum atomic E-state index is 2.50. The van der Waals surface area contributed by atoms with Crippen LogP contribution in [-0.2, 0) is 0 Å². The Kier molecular flexibility index (Phi) is 5.18. The van der Waals surface area contributed by atoms with Crippen molar-refractivity contribution in [3.63, 3.8) is 0 Å². The SMILES string of the molecule is Cc1cc2c3c(c1)N(c1ccccc1-c1ccccc1)c1ccccc1B3c1ccccc1N2c1ccccc1. The smallest absolute Gasteiger partial charge is 0.252 e. The summed E-state index contributed by atoms with van der Waals surface area (Å²) in [7, 11) is 0. The molecule has 0 N–H and O–H groups in total. The molecule has 6 aromatic rings. The Morgan fingerprint density at radius 3 is 1.62 bits per heavy atom. The third-order valence-electron chi connectivity index (χ3n) is 8.27. The van der Waals surface area contributed by atoms with Gasteiger partial charge < -0.3 is 9.80 Å². The lowest BCUT2D eigenvalue weighted by Crippen LogP contribution is -2.61. The zero-order valence-electron chi connectivity index (χ0n) is 22.3. The van der Waals surface area contributed by atoms with Gasteiger partial charge in [0.15, 0.2) is 0 Å². The van der Waals surface area contributed by atoms with Gasteiger partial charge in [-0.25, -0.2) is 0 Å². The second kappa shape index (κ2) is 9.03. The molecule has 2 heterocycles. The molecule has 0 unspecified atom stereocenters. The fourth-order valence-electron chi connectivity index (χ4n) is 6.68. The van der Waals surface area contributed by atoms with Crippen molar-refractivity contribution in [3.05, 3.63) is 151 Å². The Morgan fingerprint density at radius 2 is 0.950 bits per heavy atom. The summed E-state index contributed by atoms with van der Waals surface area (Å²) in [6, 6.07) is 52.9. The summed E-state index contributed by atoms with van der Waals surface area (Å²) < 4.78 is 0. The van der Waals surface area contributed by atoms with Crippen molar-refractivity contribution in [2.75, 3.05) is 9.80 Å². The van der Waals surface area contributed by atoms with Crippen LogP contribution < -0.4 is 26.2 Å². The Hall–Kier alpha value is -5.02. The van der Waals surface area contributed by atoms with Gasteiger partial charge in [-0.15, -0.1) is 0 Å². The van der Waals surface area contributed by atoms with Gasteiger partial charge in [0.2, 0.25) is 0 Å². The van der Waals surface area contributed by atoms with Crippen molar-refractivity contribution < 1.29 is 0 Å². The van der Waals surface area contributed by atoms with Gasteiger partial charge in [0.25, 0.3) is 6.71 Å². The number of anilines is 6. The van der Waals surface area contributed by atoms with Crippen LogP contribution >= 0.6 is 0 Å². The number of para-hydroxylation sites is 4. The Balaban J connectivity index is 1.47. The summed E-state index contributed by atoms with van der Waals surface area (Å²) in [6.07, 6.45) is 0. The number of hydrogen-bond acceptors (Lipinski definition) is 2. The van der Waals surface area contributed by atoms with Crippen LogP contribution in [0.5, 0.6) is 0 Å². The molecule has 188 valence electrons. The van der Waals surface area contributed by atoms with Crippen LogP contribution in [0.15, 0.2) is 146 Å². The van der Waals surface area contributed by atoms with E-state index < -0.39 is 0 Å². The van der Waals surface area contributed by atoms with Gasteiger partial charge in [-0.2, -0.15) is 0 Å². The Bertz CT molecular complexity index is 1880. The molecule has 40 heavy (non-hydrogen) atoms. The minimum Gasteiger partial charge on any atom is -0.311 e. The van der Waals surface area contributed by atoms with Gasteiger partial charge in [0.1, 0.15) is 0 Å². The maximum Gasteiger partial charge on any atom is 0.252 e. The fraction of sp³-hybridized carbons (Fsp3) is 0.0270. The molecule has 0 spiro atoms. The first-order valence-corrected chi connectivity index (χ1v) is 13.9. The molecule has 8 rings (SSSR count). The highest BCUT2D eigenvalue weighted by Crippen LogP contribution is 2.46. The standard InChI is InChI=1S/C37H27BN2/c1-26-24-35-37-36(25-26)40(32-21-11-8-18-29(32)27-14-4-2-5-15-27)34-23-13-10-20-31(34)38(37)30-19-9-12-22-33(30)39(35)28-16-6-3-7-17-28/h2-25H,1H3. The summed E-state index contributed by atoms with van der Waals surface area (Å²) in [6.45, 7) is 2.37. The van der Waals surface area contributed by atoms with Gasteiger partial charge in [0, 0.05) is 34.0 Å². The van der Waals surface area contributed by atoms with Crippen molar-refractivity contribution >= 4 is 57.2 Å². The van der Waals surface area contributed by atoms with E-state index in [1.165, 1.54) is 67.2 Å². The van der Waals surface area contributed by atoms with Crippen LogP contribution in [0.1, 0.15) is 5.56 Å². The first-order valence-electron chi connectivity index (χ1n) is 13.9. The van der Waals surface area contributed by atoms with E-state index in [2.05, 4.69) is 162 Å². The van der Waals surface area contributed by atoms with Gasteiger partial charge in [-0.1, -0.05) is 103 Å². The number of nitrogens with zero attached hydrogens (tertiary/aromatic N) is 2. The van der Waals surface area contributed by atoms with Crippen LogP contribution in [0.4, 0.5) is 34.1 Å². The number of hydrogen-bond donors (Lipinski definition) is 0. The summed E-state index contributed by atoms with van der Waals surface area (Å²) in [5, 5.41) is 0. The predicted molar refractivity (Wildman–Crippen MR) is 171 cm³/mol. The minimum absolute atomic E-state index is 0.151. The normalized spacial score (nSPS) is 13.0. The first-order chi connectivity index (χ1) is 19.8. The van der Waals surface area contributed by atoms with Gasteiger partial charge in [-0.3, -0.25) is 0 Å². The highest BCUT2D eigenvalue weighted by molar-refractivity contribution is 7.00. The number of rotatable bonds is 3. The summed E-state index contributed by atoms with van der Waals surface area (Å²) >= 11 is 0. The topological polar surface area (TPSA) is 6.48 Å². The lowest BCUT2D eigenvalue weighted by molar-refractivity contribution is 1.24. The molecular weight excluding hydrogens is 483 g/mol. The van der Waals surface area contributed by atoms with E-state index in [9.17, 15) is 0 Å². The largest absolute Gasteiger partial charge is 0.311 e. The van der Waals surface area contributed by atoms with Gasteiger partial charge in [-0.05, 0) is 76.9 Å². The average Bonchev–Trinajstić information content (AvgIpc) is 3.01. The molecule has 0 fully saturated rings. The molecule has 3 heteroatoms. The molecule has 0 bridgehead atoms. The van der Waals surface area contributed by atoms with E-state index in [4.69, 9.17) is 0 Å². The Labute approximate surface area is 235 Å². The van der Waals surface area contributed by atoms with Crippen LogP contribution in [0, 0.1) is 6.92 Å². The van der Waals surface area contributed by atoms with Crippen molar-refractivity contribution in [2.24, 2.45) is 0 Å². The molecule has 0 aliphatic carbocycles. The van der Waals surface area contributed by atoms with E-state index in [0.717, 1.165) is 0 Å².